The van der Waals surface area contributed by atoms with Crippen LogP contribution >= 0.6 is 11.5 Å². The molecule has 2 N–H and O–H groups in total. The molecule has 3 rings (SSSR count). The number of hydrogen-bond donors (Lipinski definition) is 1. The van der Waals surface area contributed by atoms with Gasteiger partial charge in [0.05, 0.1) is 29.4 Å². The SMILES string of the molecule is CCn1c(-c2c(C)nsc2N)nc2cc(OC)ccc21. The van der Waals surface area contributed by atoms with Gasteiger partial charge in [-0.25, -0.2) is 4.98 Å². The molecule has 0 amide bonds. The molecule has 5 nitrogen and oxygen atoms in total. The van der Waals surface area contributed by atoms with Crippen molar-refractivity contribution in [3.8, 4) is 17.1 Å². The number of methoxy groups -OCH3 is 1. The van der Waals surface area contributed by atoms with Gasteiger partial charge in [0, 0.05) is 12.6 Å². The van der Waals surface area contributed by atoms with Crippen LogP contribution in [-0.4, -0.2) is 21.0 Å². The third-order valence-corrected chi connectivity index (χ3v) is 4.15. The Bertz CT molecular complexity index is 755. The monoisotopic (exact) mass is 288 g/mol. The van der Waals surface area contributed by atoms with E-state index in [2.05, 4.69) is 15.9 Å². The molecule has 0 aliphatic heterocycles. The second-order valence-corrected chi connectivity index (χ2v) is 5.35. The van der Waals surface area contributed by atoms with Crippen molar-refractivity contribution in [1.29, 1.82) is 0 Å². The predicted octanol–water partition coefficient (Wildman–Crippen LogP) is 3.08. The maximum atomic E-state index is 6.05. The molecule has 0 saturated heterocycles. The van der Waals surface area contributed by atoms with Crippen molar-refractivity contribution < 1.29 is 4.74 Å². The smallest absolute Gasteiger partial charge is 0.146 e. The zero-order chi connectivity index (χ0) is 14.3. The molecule has 0 saturated carbocycles. The molecule has 2 aromatic heterocycles. The van der Waals surface area contributed by atoms with Gasteiger partial charge in [-0.2, -0.15) is 4.37 Å². The van der Waals surface area contributed by atoms with Crippen molar-refractivity contribution in [1.82, 2.24) is 13.9 Å². The van der Waals surface area contributed by atoms with E-state index in [0.29, 0.717) is 5.00 Å². The second-order valence-electron chi connectivity index (χ2n) is 4.54. The van der Waals surface area contributed by atoms with Gasteiger partial charge in [-0.3, -0.25) is 0 Å². The molecule has 0 bridgehead atoms. The number of aromatic nitrogens is 3. The van der Waals surface area contributed by atoms with Gasteiger partial charge in [-0.1, -0.05) is 0 Å². The van der Waals surface area contributed by atoms with Gasteiger partial charge in [0.1, 0.15) is 16.6 Å². The molecule has 0 fully saturated rings. The fourth-order valence-corrected chi connectivity index (χ4v) is 3.06. The molecular weight excluding hydrogens is 272 g/mol. The number of anilines is 1. The van der Waals surface area contributed by atoms with E-state index >= 15 is 0 Å². The van der Waals surface area contributed by atoms with Crippen LogP contribution in [0.5, 0.6) is 5.75 Å². The number of fused-ring (bicyclic) bond motifs is 1. The Morgan fingerprint density at radius 2 is 2.20 bits per heavy atom. The predicted molar refractivity (Wildman–Crippen MR) is 82.2 cm³/mol. The van der Waals surface area contributed by atoms with Gasteiger partial charge in [0.25, 0.3) is 0 Å². The highest BCUT2D eigenvalue weighted by molar-refractivity contribution is 7.10. The number of hydrogen-bond acceptors (Lipinski definition) is 5. The van der Waals surface area contributed by atoms with Crippen molar-refractivity contribution >= 4 is 27.6 Å². The summed E-state index contributed by atoms with van der Waals surface area (Å²) < 4.78 is 11.7. The topological polar surface area (TPSA) is 66.0 Å². The molecule has 20 heavy (non-hydrogen) atoms. The van der Waals surface area contributed by atoms with E-state index in [4.69, 9.17) is 15.5 Å². The highest BCUT2D eigenvalue weighted by atomic mass is 32.1. The molecule has 0 spiro atoms. The van der Waals surface area contributed by atoms with Crippen LogP contribution in [0, 0.1) is 6.92 Å². The zero-order valence-corrected chi connectivity index (χ0v) is 12.5. The summed E-state index contributed by atoms with van der Waals surface area (Å²) in [6.07, 6.45) is 0. The molecule has 1 aromatic carbocycles. The minimum atomic E-state index is 0.708. The van der Waals surface area contributed by atoms with E-state index in [1.165, 1.54) is 11.5 Å². The number of nitrogens with two attached hydrogens (primary N) is 1. The van der Waals surface area contributed by atoms with Crippen LogP contribution < -0.4 is 10.5 Å². The fraction of sp³-hybridized carbons (Fsp3) is 0.286. The van der Waals surface area contributed by atoms with E-state index in [1.54, 1.807) is 7.11 Å². The lowest BCUT2D eigenvalue weighted by Gasteiger charge is -2.06. The van der Waals surface area contributed by atoms with Crippen LogP contribution in [-0.2, 0) is 6.54 Å². The quantitative estimate of drug-likeness (QED) is 0.804. The molecule has 3 aromatic rings. The van der Waals surface area contributed by atoms with Gasteiger partial charge >= 0.3 is 0 Å². The highest BCUT2D eigenvalue weighted by Crippen LogP contribution is 2.34. The summed E-state index contributed by atoms with van der Waals surface area (Å²) in [4.78, 5) is 4.73. The van der Waals surface area contributed by atoms with Crippen molar-refractivity contribution in [2.24, 2.45) is 0 Å². The van der Waals surface area contributed by atoms with Crippen LogP contribution in [0.4, 0.5) is 5.00 Å². The Hall–Kier alpha value is -2.08. The molecule has 2 heterocycles. The number of imidazole rings is 1. The molecule has 0 aliphatic carbocycles. The first-order valence-corrected chi connectivity index (χ1v) is 7.19. The second kappa shape index (κ2) is 4.79. The lowest BCUT2D eigenvalue weighted by Crippen LogP contribution is -1.99. The molecule has 104 valence electrons. The van der Waals surface area contributed by atoms with Crippen LogP contribution in [0.3, 0.4) is 0 Å². The van der Waals surface area contributed by atoms with E-state index in [-0.39, 0.29) is 0 Å². The summed E-state index contributed by atoms with van der Waals surface area (Å²) in [7, 11) is 1.66. The number of aryl methyl sites for hydroxylation is 2. The lowest BCUT2D eigenvalue weighted by atomic mass is 10.2. The van der Waals surface area contributed by atoms with Crippen LogP contribution in [0.1, 0.15) is 12.6 Å². The van der Waals surface area contributed by atoms with E-state index < -0.39 is 0 Å². The van der Waals surface area contributed by atoms with Crippen LogP contribution in [0.25, 0.3) is 22.4 Å². The summed E-state index contributed by atoms with van der Waals surface area (Å²) >= 11 is 1.31. The van der Waals surface area contributed by atoms with Gasteiger partial charge in [0.15, 0.2) is 0 Å². The molecule has 0 atom stereocenters. The third kappa shape index (κ3) is 1.84. The lowest BCUT2D eigenvalue weighted by molar-refractivity contribution is 0.415. The molecule has 0 aliphatic rings. The number of nitrogen functional groups attached to an aromatic ring is 1. The molecule has 0 radical (unpaired) electrons. The Morgan fingerprint density at radius 3 is 2.80 bits per heavy atom. The number of rotatable bonds is 3. The van der Waals surface area contributed by atoms with Gasteiger partial charge in [-0.05, 0) is 37.5 Å². The average molecular weight is 288 g/mol. The van der Waals surface area contributed by atoms with Crippen molar-refractivity contribution in [3.05, 3.63) is 23.9 Å². The minimum absolute atomic E-state index is 0.708. The summed E-state index contributed by atoms with van der Waals surface area (Å²) in [6, 6.07) is 5.91. The van der Waals surface area contributed by atoms with Crippen molar-refractivity contribution in [3.63, 3.8) is 0 Å². The first-order chi connectivity index (χ1) is 9.65. The first-order valence-electron chi connectivity index (χ1n) is 6.42. The van der Waals surface area contributed by atoms with E-state index in [1.807, 2.05) is 25.1 Å². The fourth-order valence-electron chi connectivity index (χ4n) is 2.41. The number of benzene rings is 1. The standard InChI is InChI=1S/C14H16N4OS/c1-4-18-11-6-5-9(19-3)7-10(11)16-14(18)12-8(2)17-20-13(12)15/h5-7H,4,15H2,1-3H3. The largest absolute Gasteiger partial charge is 0.497 e. The molecule has 0 unspecified atom stereocenters. The van der Waals surface area contributed by atoms with Crippen molar-refractivity contribution in [2.75, 3.05) is 12.8 Å². The Kier molecular flexibility index (Phi) is 3.10. The Balaban J connectivity index is 2.30. The maximum Gasteiger partial charge on any atom is 0.146 e. The third-order valence-electron chi connectivity index (χ3n) is 3.38. The van der Waals surface area contributed by atoms with E-state index in [9.17, 15) is 0 Å². The van der Waals surface area contributed by atoms with Gasteiger partial charge in [-0.15, -0.1) is 0 Å². The maximum absolute atomic E-state index is 6.05. The van der Waals surface area contributed by atoms with Crippen molar-refractivity contribution in [2.45, 2.75) is 20.4 Å². The zero-order valence-electron chi connectivity index (χ0n) is 11.7. The highest BCUT2D eigenvalue weighted by Gasteiger charge is 2.18. The summed E-state index contributed by atoms with van der Waals surface area (Å²) in [5, 5.41) is 0.708. The number of nitrogens with zero attached hydrogens (tertiary/aromatic N) is 3. The van der Waals surface area contributed by atoms with Crippen LogP contribution in [0.2, 0.25) is 0 Å². The minimum Gasteiger partial charge on any atom is -0.497 e. The Labute approximate surface area is 121 Å². The van der Waals surface area contributed by atoms with Crippen LogP contribution in [0.15, 0.2) is 18.2 Å². The van der Waals surface area contributed by atoms with Gasteiger partial charge < -0.3 is 15.0 Å². The summed E-state index contributed by atoms with van der Waals surface area (Å²) in [6.45, 7) is 4.88. The molecular formula is C14H16N4OS. The van der Waals surface area contributed by atoms with E-state index in [0.717, 1.165) is 40.4 Å². The molecule has 6 heteroatoms. The normalized spacial score (nSPS) is 11.2. The Morgan fingerprint density at radius 1 is 1.40 bits per heavy atom. The first kappa shape index (κ1) is 12.9. The average Bonchev–Trinajstić information content (AvgIpc) is 2.97. The summed E-state index contributed by atoms with van der Waals surface area (Å²) in [5.41, 5.74) is 9.90. The summed E-state index contributed by atoms with van der Waals surface area (Å²) in [5.74, 6) is 1.68. The van der Waals surface area contributed by atoms with Gasteiger partial charge in [0.2, 0.25) is 0 Å². The number of ether oxygens (including phenoxy) is 1.